The quantitative estimate of drug-likeness (QED) is 0.698. The fourth-order valence-corrected chi connectivity index (χ4v) is 3.50. The van der Waals surface area contributed by atoms with Crippen molar-refractivity contribution in [1.82, 2.24) is 4.90 Å². The van der Waals surface area contributed by atoms with Crippen molar-refractivity contribution in [2.75, 3.05) is 20.2 Å². The van der Waals surface area contributed by atoms with Gasteiger partial charge in [0.2, 0.25) is 0 Å². The van der Waals surface area contributed by atoms with Crippen molar-refractivity contribution in [2.24, 2.45) is 0 Å². The Labute approximate surface area is 180 Å². The third kappa shape index (κ3) is 4.67. The van der Waals surface area contributed by atoms with E-state index in [4.69, 9.17) is 18.8 Å². The van der Waals surface area contributed by atoms with Crippen LogP contribution in [0.4, 0.5) is 4.79 Å². The SMILES string of the molecule is COc1cc(B2OC(C)(C)C(C)(C)O2)ccc1C1=CCN(C(=O)OC(C)(C)C)CC1. The first-order chi connectivity index (χ1) is 13.8. The van der Waals surface area contributed by atoms with Gasteiger partial charge >= 0.3 is 13.2 Å². The maximum atomic E-state index is 12.3. The van der Waals surface area contributed by atoms with E-state index in [9.17, 15) is 4.79 Å². The van der Waals surface area contributed by atoms with Gasteiger partial charge in [0.1, 0.15) is 11.4 Å². The second kappa shape index (κ2) is 7.93. The summed E-state index contributed by atoms with van der Waals surface area (Å²) >= 11 is 0. The summed E-state index contributed by atoms with van der Waals surface area (Å²) in [5.74, 6) is 0.777. The minimum atomic E-state index is -0.492. The molecule has 1 saturated heterocycles. The van der Waals surface area contributed by atoms with Crippen molar-refractivity contribution in [2.45, 2.75) is 71.7 Å². The van der Waals surface area contributed by atoms with Gasteiger partial charge in [0.15, 0.2) is 0 Å². The molecule has 2 heterocycles. The Morgan fingerprint density at radius 2 is 1.77 bits per heavy atom. The van der Waals surface area contributed by atoms with Crippen molar-refractivity contribution in [1.29, 1.82) is 0 Å². The van der Waals surface area contributed by atoms with Crippen molar-refractivity contribution in [3.05, 3.63) is 29.8 Å². The lowest BCUT2D eigenvalue weighted by atomic mass is 9.78. The molecular weight excluding hydrogens is 381 g/mol. The summed E-state index contributed by atoms with van der Waals surface area (Å²) in [6.07, 6.45) is 2.53. The van der Waals surface area contributed by atoms with Gasteiger partial charge in [-0.15, -0.1) is 0 Å². The maximum absolute atomic E-state index is 12.3. The second-order valence-corrected chi connectivity index (χ2v) is 9.95. The highest BCUT2D eigenvalue weighted by molar-refractivity contribution is 6.62. The predicted molar refractivity (Wildman–Crippen MR) is 119 cm³/mol. The van der Waals surface area contributed by atoms with Gasteiger partial charge in [-0.1, -0.05) is 18.2 Å². The molecule has 30 heavy (non-hydrogen) atoms. The van der Waals surface area contributed by atoms with Gasteiger partial charge in [0.05, 0.1) is 18.3 Å². The molecule has 0 saturated carbocycles. The molecule has 3 rings (SSSR count). The molecule has 0 N–H and O–H groups in total. The molecule has 0 aromatic heterocycles. The lowest BCUT2D eigenvalue weighted by Crippen LogP contribution is -2.41. The van der Waals surface area contributed by atoms with Gasteiger partial charge in [0, 0.05) is 18.7 Å². The molecule has 0 atom stereocenters. The zero-order valence-corrected chi connectivity index (χ0v) is 19.5. The number of carbonyl (C=O) groups excluding carboxylic acids is 1. The van der Waals surface area contributed by atoms with E-state index in [0.717, 1.165) is 28.8 Å². The molecule has 7 heteroatoms. The minimum Gasteiger partial charge on any atom is -0.496 e. The lowest BCUT2D eigenvalue weighted by Gasteiger charge is -2.32. The first-order valence-electron chi connectivity index (χ1n) is 10.5. The van der Waals surface area contributed by atoms with Crippen LogP contribution in [0.1, 0.15) is 60.5 Å². The van der Waals surface area contributed by atoms with E-state index in [1.807, 2.05) is 66.7 Å². The molecule has 6 nitrogen and oxygen atoms in total. The highest BCUT2D eigenvalue weighted by atomic mass is 16.7. The highest BCUT2D eigenvalue weighted by Gasteiger charge is 2.51. The zero-order chi connectivity index (χ0) is 22.3. The number of methoxy groups -OCH3 is 1. The molecule has 1 aromatic rings. The standard InChI is InChI=1S/C23H34BNO5/c1-21(2,3)28-20(26)25-13-11-16(12-14-25)18-10-9-17(15-19(18)27-8)24-29-22(4,5)23(6,7)30-24/h9-11,15H,12-14H2,1-8H3. The van der Waals surface area contributed by atoms with E-state index in [2.05, 4.69) is 6.08 Å². The summed E-state index contributed by atoms with van der Waals surface area (Å²) in [7, 11) is 1.24. The summed E-state index contributed by atoms with van der Waals surface area (Å²) in [5, 5.41) is 0. The van der Waals surface area contributed by atoms with E-state index in [1.54, 1.807) is 12.0 Å². The van der Waals surface area contributed by atoms with Gasteiger partial charge in [0.25, 0.3) is 0 Å². The fraction of sp³-hybridized carbons (Fsp3) is 0.609. The number of hydrogen-bond donors (Lipinski definition) is 0. The van der Waals surface area contributed by atoms with Crippen LogP contribution in [0.3, 0.4) is 0 Å². The summed E-state index contributed by atoms with van der Waals surface area (Å²) < 4.78 is 23.5. The first kappa shape index (κ1) is 22.7. The molecule has 0 bridgehead atoms. The minimum absolute atomic E-state index is 0.277. The molecule has 0 spiro atoms. The number of hydrogen-bond acceptors (Lipinski definition) is 5. The van der Waals surface area contributed by atoms with Gasteiger partial charge in [-0.05, 0) is 72.0 Å². The van der Waals surface area contributed by atoms with Crippen molar-refractivity contribution >= 4 is 24.2 Å². The molecule has 2 aliphatic rings. The normalized spacial score (nSPS) is 20.7. The van der Waals surface area contributed by atoms with Crippen LogP contribution in [-0.4, -0.2) is 55.1 Å². The van der Waals surface area contributed by atoms with Crippen LogP contribution in [0.2, 0.25) is 0 Å². The maximum Gasteiger partial charge on any atom is 0.494 e. The highest BCUT2D eigenvalue weighted by Crippen LogP contribution is 2.37. The zero-order valence-electron chi connectivity index (χ0n) is 19.5. The molecule has 0 unspecified atom stereocenters. The topological polar surface area (TPSA) is 57.2 Å². The van der Waals surface area contributed by atoms with Crippen LogP contribution in [0.25, 0.3) is 5.57 Å². The third-order valence-electron chi connectivity index (χ3n) is 5.96. The predicted octanol–water partition coefficient (Wildman–Crippen LogP) is 4.02. The third-order valence-corrected chi connectivity index (χ3v) is 5.96. The Morgan fingerprint density at radius 1 is 1.13 bits per heavy atom. The van der Waals surface area contributed by atoms with Crippen LogP contribution in [0.15, 0.2) is 24.3 Å². The Bertz CT molecular complexity index is 824. The van der Waals surface area contributed by atoms with E-state index in [-0.39, 0.29) is 17.3 Å². The van der Waals surface area contributed by atoms with Crippen LogP contribution in [0.5, 0.6) is 5.75 Å². The molecule has 1 amide bonds. The van der Waals surface area contributed by atoms with Crippen LogP contribution in [0, 0.1) is 0 Å². The van der Waals surface area contributed by atoms with Gasteiger partial charge in [-0.25, -0.2) is 4.79 Å². The molecule has 2 aliphatic heterocycles. The molecule has 0 radical (unpaired) electrons. The summed E-state index contributed by atoms with van der Waals surface area (Å²) in [5.41, 5.74) is 1.85. The average Bonchev–Trinajstić information content (AvgIpc) is 2.87. The number of benzene rings is 1. The molecule has 1 fully saturated rings. The molecular formula is C23H34BNO5. The van der Waals surface area contributed by atoms with Gasteiger partial charge in [-0.3, -0.25) is 0 Å². The average molecular weight is 415 g/mol. The summed E-state index contributed by atoms with van der Waals surface area (Å²) in [6, 6.07) is 6.06. The van der Waals surface area contributed by atoms with E-state index in [0.29, 0.717) is 13.1 Å². The van der Waals surface area contributed by atoms with Crippen LogP contribution in [-0.2, 0) is 14.0 Å². The Morgan fingerprint density at radius 3 is 2.27 bits per heavy atom. The molecule has 1 aromatic carbocycles. The van der Waals surface area contributed by atoms with E-state index in [1.165, 1.54) is 0 Å². The molecule has 164 valence electrons. The number of rotatable bonds is 3. The fourth-order valence-electron chi connectivity index (χ4n) is 3.50. The number of amides is 1. The number of nitrogens with zero attached hydrogens (tertiary/aromatic N) is 1. The van der Waals surface area contributed by atoms with E-state index >= 15 is 0 Å². The Balaban J connectivity index is 1.76. The summed E-state index contributed by atoms with van der Waals surface area (Å²) in [6.45, 7) is 14.9. The van der Waals surface area contributed by atoms with Gasteiger partial charge < -0.3 is 23.7 Å². The van der Waals surface area contributed by atoms with Crippen LogP contribution < -0.4 is 10.2 Å². The smallest absolute Gasteiger partial charge is 0.494 e. The monoisotopic (exact) mass is 415 g/mol. The largest absolute Gasteiger partial charge is 0.496 e. The van der Waals surface area contributed by atoms with E-state index < -0.39 is 12.7 Å². The second-order valence-electron chi connectivity index (χ2n) is 9.95. The van der Waals surface area contributed by atoms with Crippen molar-refractivity contribution < 1.29 is 23.6 Å². The molecule has 0 aliphatic carbocycles. The Kier molecular flexibility index (Phi) is 6.00. The summed E-state index contributed by atoms with van der Waals surface area (Å²) in [4.78, 5) is 14.0. The van der Waals surface area contributed by atoms with Crippen molar-refractivity contribution in [3.8, 4) is 5.75 Å². The number of carbonyl (C=O) groups is 1. The lowest BCUT2D eigenvalue weighted by molar-refractivity contribution is 0.00578. The number of ether oxygens (including phenoxy) is 2. The van der Waals surface area contributed by atoms with Gasteiger partial charge in [-0.2, -0.15) is 0 Å². The van der Waals surface area contributed by atoms with Crippen LogP contribution >= 0.6 is 0 Å². The van der Waals surface area contributed by atoms with Crippen molar-refractivity contribution in [3.63, 3.8) is 0 Å². The first-order valence-corrected chi connectivity index (χ1v) is 10.5. The Hall–Kier alpha value is -1.99.